The number of thioether (sulfide) groups is 1. The first kappa shape index (κ1) is 19.3. The Morgan fingerprint density at radius 1 is 0.839 bits per heavy atom. The van der Waals surface area contributed by atoms with Crippen molar-refractivity contribution in [3.05, 3.63) is 119 Å². The molecule has 0 unspecified atom stereocenters. The zero-order valence-electron chi connectivity index (χ0n) is 16.6. The van der Waals surface area contributed by atoms with Crippen molar-refractivity contribution in [1.82, 2.24) is 24.1 Å². The van der Waals surface area contributed by atoms with Gasteiger partial charge in [0, 0.05) is 30.1 Å². The second kappa shape index (κ2) is 8.57. The quantitative estimate of drug-likeness (QED) is 0.382. The number of hydrogen-bond donors (Lipinski definition) is 0. The molecule has 0 aliphatic heterocycles. The molecule has 5 aromatic rings. The maximum atomic E-state index is 12.4. The van der Waals surface area contributed by atoms with Crippen molar-refractivity contribution >= 4 is 17.4 Å². The Bertz CT molecular complexity index is 1380. The van der Waals surface area contributed by atoms with Crippen LogP contribution in [0, 0.1) is 0 Å². The van der Waals surface area contributed by atoms with E-state index in [9.17, 15) is 4.79 Å². The van der Waals surface area contributed by atoms with Gasteiger partial charge in [0.15, 0.2) is 5.16 Å². The Hall–Kier alpha value is -3.71. The summed E-state index contributed by atoms with van der Waals surface area (Å²) >= 11 is 1.52. The van der Waals surface area contributed by atoms with Crippen LogP contribution in [0.4, 0.5) is 0 Å². The van der Waals surface area contributed by atoms with Gasteiger partial charge < -0.3 is 0 Å². The van der Waals surface area contributed by atoms with Gasteiger partial charge in [0.2, 0.25) is 0 Å². The van der Waals surface area contributed by atoms with E-state index in [1.54, 1.807) is 16.7 Å². The first-order valence-corrected chi connectivity index (χ1v) is 10.9. The van der Waals surface area contributed by atoms with Crippen LogP contribution >= 0.6 is 11.8 Å². The fourth-order valence-electron chi connectivity index (χ4n) is 3.44. The summed E-state index contributed by atoms with van der Waals surface area (Å²) in [6.07, 6.45) is 2.41. The maximum Gasteiger partial charge on any atom is 0.258 e. The lowest BCUT2D eigenvalue weighted by Gasteiger charge is -2.10. The van der Waals surface area contributed by atoms with Gasteiger partial charge in [0.05, 0.1) is 5.69 Å². The van der Waals surface area contributed by atoms with Gasteiger partial charge in [0.25, 0.3) is 5.56 Å². The van der Waals surface area contributed by atoms with Crippen LogP contribution < -0.4 is 5.56 Å². The molecule has 0 aliphatic carbocycles. The van der Waals surface area contributed by atoms with Crippen LogP contribution in [-0.4, -0.2) is 24.1 Å². The molecular formula is C24H19N5OS. The summed E-state index contributed by atoms with van der Waals surface area (Å²) in [5, 5.41) is 9.70. The number of pyridine rings is 1. The Morgan fingerprint density at radius 2 is 1.58 bits per heavy atom. The molecule has 0 fully saturated rings. The van der Waals surface area contributed by atoms with Gasteiger partial charge >= 0.3 is 0 Å². The molecule has 6 nitrogen and oxygen atoms in total. The Balaban J connectivity index is 1.47. The highest BCUT2D eigenvalue weighted by Crippen LogP contribution is 2.25. The Morgan fingerprint density at radius 3 is 2.39 bits per heavy atom. The first-order valence-electron chi connectivity index (χ1n) is 9.92. The smallest absolute Gasteiger partial charge is 0.258 e. The van der Waals surface area contributed by atoms with Gasteiger partial charge in [-0.05, 0) is 29.8 Å². The lowest BCUT2D eigenvalue weighted by Crippen LogP contribution is -2.14. The SMILES string of the molecule is O=c1cc(CSc2nnc(Cc3ccccc3)n2-c2ccccc2)nc2ccccn12. The van der Waals surface area contributed by atoms with Gasteiger partial charge in [0.1, 0.15) is 11.5 Å². The molecule has 5 rings (SSSR count). The van der Waals surface area contributed by atoms with Gasteiger partial charge in [-0.1, -0.05) is 66.4 Å². The molecule has 0 radical (unpaired) electrons. The van der Waals surface area contributed by atoms with Gasteiger partial charge in [-0.25, -0.2) is 4.98 Å². The van der Waals surface area contributed by atoms with Gasteiger partial charge in [-0.15, -0.1) is 10.2 Å². The molecule has 0 saturated carbocycles. The first-order chi connectivity index (χ1) is 15.3. The van der Waals surface area contributed by atoms with E-state index >= 15 is 0 Å². The minimum Gasteiger partial charge on any atom is -0.274 e. The van der Waals surface area contributed by atoms with E-state index in [4.69, 9.17) is 0 Å². The molecule has 0 N–H and O–H groups in total. The van der Waals surface area contributed by atoms with Crippen molar-refractivity contribution in [1.29, 1.82) is 0 Å². The zero-order chi connectivity index (χ0) is 21.0. The van der Waals surface area contributed by atoms with Crippen molar-refractivity contribution < 1.29 is 0 Å². The second-order valence-electron chi connectivity index (χ2n) is 7.04. The maximum absolute atomic E-state index is 12.4. The summed E-state index contributed by atoms with van der Waals surface area (Å²) in [4.78, 5) is 17.0. The number of aromatic nitrogens is 5. The van der Waals surface area contributed by atoms with Crippen LogP contribution in [0.2, 0.25) is 0 Å². The molecule has 0 bridgehead atoms. The molecule has 3 heterocycles. The largest absolute Gasteiger partial charge is 0.274 e. The monoisotopic (exact) mass is 425 g/mol. The van der Waals surface area contributed by atoms with Crippen molar-refractivity contribution in [2.45, 2.75) is 17.3 Å². The highest BCUT2D eigenvalue weighted by atomic mass is 32.2. The third kappa shape index (κ3) is 4.13. The molecule has 0 aliphatic rings. The number of fused-ring (bicyclic) bond motifs is 1. The molecular weight excluding hydrogens is 406 g/mol. The Labute approximate surface area is 183 Å². The normalized spacial score (nSPS) is 11.1. The van der Waals surface area contributed by atoms with Gasteiger partial charge in [-0.3, -0.25) is 13.8 Å². The van der Waals surface area contributed by atoms with E-state index in [1.165, 1.54) is 17.3 Å². The van der Waals surface area contributed by atoms with Crippen LogP contribution in [0.15, 0.2) is 101 Å². The lowest BCUT2D eigenvalue weighted by atomic mass is 10.1. The number of nitrogens with zero attached hydrogens (tertiary/aromatic N) is 5. The average molecular weight is 426 g/mol. The summed E-state index contributed by atoms with van der Waals surface area (Å²) in [5.41, 5.74) is 3.45. The molecule has 0 spiro atoms. The van der Waals surface area contributed by atoms with Crippen LogP contribution in [0.5, 0.6) is 0 Å². The van der Waals surface area contributed by atoms with Crippen molar-refractivity contribution in [3.63, 3.8) is 0 Å². The summed E-state index contributed by atoms with van der Waals surface area (Å²) in [5.74, 6) is 1.39. The van der Waals surface area contributed by atoms with E-state index in [0.717, 1.165) is 16.7 Å². The third-order valence-corrected chi connectivity index (χ3v) is 5.86. The lowest BCUT2D eigenvalue weighted by molar-refractivity contribution is 0.847. The minimum atomic E-state index is -0.0875. The fraction of sp³-hybridized carbons (Fsp3) is 0.0833. The van der Waals surface area contributed by atoms with Crippen LogP contribution in [0.25, 0.3) is 11.3 Å². The van der Waals surface area contributed by atoms with E-state index in [2.05, 4.69) is 31.9 Å². The van der Waals surface area contributed by atoms with E-state index in [-0.39, 0.29) is 5.56 Å². The molecule has 31 heavy (non-hydrogen) atoms. The number of hydrogen-bond acceptors (Lipinski definition) is 5. The van der Waals surface area contributed by atoms with E-state index in [0.29, 0.717) is 23.5 Å². The molecule has 0 saturated heterocycles. The third-order valence-electron chi connectivity index (χ3n) is 4.89. The van der Waals surface area contributed by atoms with Gasteiger partial charge in [-0.2, -0.15) is 0 Å². The highest BCUT2D eigenvalue weighted by molar-refractivity contribution is 7.98. The molecule has 0 amide bonds. The molecule has 3 aromatic heterocycles. The van der Waals surface area contributed by atoms with Crippen LogP contribution in [0.1, 0.15) is 17.1 Å². The van der Waals surface area contributed by atoms with Crippen molar-refractivity contribution in [3.8, 4) is 5.69 Å². The average Bonchev–Trinajstić information content (AvgIpc) is 3.21. The number of rotatable bonds is 6. The Kier molecular flexibility index (Phi) is 5.33. The minimum absolute atomic E-state index is 0.0875. The molecule has 152 valence electrons. The topological polar surface area (TPSA) is 65.1 Å². The standard InChI is InChI=1S/C24H19N5OS/c30-23-16-19(25-21-13-7-8-14-28(21)23)17-31-24-27-26-22(15-18-9-3-1-4-10-18)29(24)20-11-5-2-6-12-20/h1-14,16H,15,17H2. The van der Waals surface area contributed by atoms with E-state index < -0.39 is 0 Å². The summed E-state index contributed by atoms with van der Waals surface area (Å²) in [6.45, 7) is 0. The van der Waals surface area contributed by atoms with Crippen LogP contribution in [0.3, 0.4) is 0 Å². The van der Waals surface area contributed by atoms with Crippen molar-refractivity contribution in [2.75, 3.05) is 0 Å². The van der Waals surface area contributed by atoms with Crippen molar-refractivity contribution in [2.24, 2.45) is 0 Å². The van der Waals surface area contributed by atoms with E-state index in [1.807, 2.05) is 66.7 Å². The molecule has 7 heteroatoms. The fourth-order valence-corrected chi connectivity index (χ4v) is 4.30. The summed E-state index contributed by atoms with van der Waals surface area (Å²) < 4.78 is 3.62. The summed E-state index contributed by atoms with van der Waals surface area (Å²) in [7, 11) is 0. The number of para-hydroxylation sites is 1. The highest BCUT2D eigenvalue weighted by Gasteiger charge is 2.15. The molecule has 0 atom stereocenters. The van der Waals surface area contributed by atoms with Crippen LogP contribution in [-0.2, 0) is 12.2 Å². The predicted octanol–water partition coefficient (Wildman–Crippen LogP) is 4.16. The molecule has 2 aromatic carbocycles. The summed E-state index contributed by atoms with van der Waals surface area (Å²) in [6, 6.07) is 27.4. The number of benzene rings is 2. The zero-order valence-corrected chi connectivity index (χ0v) is 17.4. The predicted molar refractivity (Wildman–Crippen MR) is 122 cm³/mol. The second-order valence-corrected chi connectivity index (χ2v) is 7.98.